The van der Waals surface area contributed by atoms with Crippen LogP contribution in [0.3, 0.4) is 0 Å². The minimum atomic E-state index is -3.47. The van der Waals surface area contributed by atoms with Crippen LogP contribution in [0.1, 0.15) is 51.8 Å². The van der Waals surface area contributed by atoms with Gasteiger partial charge in [0, 0.05) is 37.1 Å². The first kappa shape index (κ1) is 15.5. The molecular formula is C14H25N3O2S. The fourth-order valence-electron chi connectivity index (χ4n) is 2.20. The number of nitrogens with zero attached hydrogens (tertiary/aromatic N) is 2. The third-order valence-electron chi connectivity index (χ3n) is 4.43. The molecular weight excluding hydrogens is 274 g/mol. The topological polar surface area (TPSA) is 68.3 Å². The van der Waals surface area contributed by atoms with Crippen molar-refractivity contribution in [2.24, 2.45) is 5.73 Å². The average molecular weight is 299 g/mol. The molecule has 2 N–H and O–H groups in total. The van der Waals surface area contributed by atoms with Gasteiger partial charge in [0.05, 0.1) is 0 Å². The Kier molecular flexibility index (Phi) is 4.01. The molecule has 0 aromatic carbocycles. The lowest BCUT2D eigenvalue weighted by atomic mass is 10.0. The van der Waals surface area contributed by atoms with Crippen LogP contribution in [0.4, 0.5) is 0 Å². The summed E-state index contributed by atoms with van der Waals surface area (Å²) in [6.07, 6.45) is 4.72. The highest BCUT2D eigenvalue weighted by Gasteiger charge is 2.35. The largest absolute Gasteiger partial charge is 0.346 e. The van der Waals surface area contributed by atoms with Gasteiger partial charge in [0.2, 0.25) is 10.0 Å². The van der Waals surface area contributed by atoms with Gasteiger partial charge in [-0.1, -0.05) is 6.92 Å². The standard InChI is InChI=1S/C14H25N3O2S/c1-5-14(2,3)16(4)20(18,19)13-8-12(9-15)17(10-13)11-6-7-11/h8,10-11H,5-7,9,15H2,1-4H3. The third kappa shape index (κ3) is 2.64. The zero-order valence-corrected chi connectivity index (χ0v) is 13.6. The first-order valence-electron chi connectivity index (χ1n) is 7.14. The van der Waals surface area contributed by atoms with Crippen molar-refractivity contribution in [1.29, 1.82) is 0 Å². The molecule has 1 heterocycles. The Morgan fingerprint density at radius 1 is 1.45 bits per heavy atom. The van der Waals surface area contributed by atoms with Gasteiger partial charge in [-0.2, -0.15) is 4.31 Å². The molecule has 0 amide bonds. The molecule has 0 saturated heterocycles. The normalized spacial score (nSPS) is 16.9. The number of aromatic nitrogens is 1. The molecule has 0 aliphatic heterocycles. The molecule has 1 aliphatic carbocycles. The highest BCUT2D eigenvalue weighted by atomic mass is 32.2. The Morgan fingerprint density at radius 3 is 2.50 bits per heavy atom. The van der Waals surface area contributed by atoms with Crippen LogP contribution in [0.25, 0.3) is 0 Å². The number of hydrogen-bond acceptors (Lipinski definition) is 3. The molecule has 2 rings (SSSR count). The van der Waals surface area contributed by atoms with E-state index in [2.05, 4.69) is 0 Å². The molecule has 0 bridgehead atoms. The van der Waals surface area contributed by atoms with Crippen LogP contribution in [0, 0.1) is 0 Å². The molecule has 0 atom stereocenters. The number of sulfonamides is 1. The summed E-state index contributed by atoms with van der Waals surface area (Å²) in [5, 5.41) is 0. The molecule has 1 aromatic heterocycles. The maximum atomic E-state index is 12.7. The van der Waals surface area contributed by atoms with Crippen molar-refractivity contribution in [3.63, 3.8) is 0 Å². The molecule has 1 aromatic rings. The van der Waals surface area contributed by atoms with Crippen LogP contribution in [0.2, 0.25) is 0 Å². The quantitative estimate of drug-likeness (QED) is 0.874. The SMILES string of the molecule is CCC(C)(C)N(C)S(=O)(=O)c1cc(CN)n(C2CC2)c1. The van der Waals surface area contributed by atoms with Crippen molar-refractivity contribution in [3.05, 3.63) is 18.0 Å². The summed E-state index contributed by atoms with van der Waals surface area (Å²) >= 11 is 0. The predicted octanol–water partition coefficient (Wildman–Crippen LogP) is 2.09. The molecule has 5 nitrogen and oxygen atoms in total. The van der Waals surface area contributed by atoms with Crippen LogP contribution in [-0.4, -0.2) is 29.9 Å². The van der Waals surface area contributed by atoms with E-state index >= 15 is 0 Å². The second kappa shape index (κ2) is 5.16. The zero-order chi connectivity index (χ0) is 15.1. The highest BCUT2D eigenvalue weighted by molar-refractivity contribution is 7.89. The molecule has 6 heteroatoms. The summed E-state index contributed by atoms with van der Waals surface area (Å²) in [6, 6.07) is 2.15. The van der Waals surface area contributed by atoms with Gasteiger partial charge in [0.25, 0.3) is 0 Å². The van der Waals surface area contributed by atoms with Gasteiger partial charge < -0.3 is 10.3 Å². The lowest BCUT2D eigenvalue weighted by Gasteiger charge is -2.33. The lowest BCUT2D eigenvalue weighted by Crippen LogP contribution is -2.44. The van der Waals surface area contributed by atoms with Crippen LogP contribution < -0.4 is 5.73 Å². The second-order valence-electron chi connectivity index (χ2n) is 6.15. The summed E-state index contributed by atoms with van der Waals surface area (Å²) < 4.78 is 29.0. The van der Waals surface area contributed by atoms with Crippen molar-refractivity contribution in [3.8, 4) is 0 Å². The summed E-state index contributed by atoms with van der Waals surface area (Å²) in [7, 11) is -1.82. The highest BCUT2D eigenvalue weighted by Crippen LogP contribution is 2.38. The van der Waals surface area contributed by atoms with Gasteiger partial charge >= 0.3 is 0 Å². The molecule has 0 spiro atoms. The van der Waals surface area contributed by atoms with Gasteiger partial charge in [-0.05, 0) is 39.2 Å². The fourth-order valence-corrected chi connectivity index (χ4v) is 3.83. The van der Waals surface area contributed by atoms with Crippen LogP contribution in [0.5, 0.6) is 0 Å². The van der Waals surface area contributed by atoms with Crippen molar-refractivity contribution >= 4 is 10.0 Å². The van der Waals surface area contributed by atoms with E-state index in [9.17, 15) is 8.42 Å². The summed E-state index contributed by atoms with van der Waals surface area (Å²) in [5.74, 6) is 0. The Labute approximate surface area is 121 Å². The number of nitrogens with two attached hydrogens (primary N) is 1. The van der Waals surface area contributed by atoms with E-state index in [1.165, 1.54) is 4.31 Å². The van der Waals surface area contributed by atoms with Crippen molar-refractivity contribution in [2.45, 2.75) is 63.1 Å². The second-order valence-corrected chi connectivity index (χ2v) is 8.12. The van der Waals surface area contributed by atoms with Crippen molar-refractivity contribution < 1.29 is 8.42 Å². The van der Waals surface area contributed by atoms with Gasteiger partial charge in [-0.25, -0.2) is 8.42 Å². The molecule has 1 fully saturated rings. The average Bonchev–Trinajstić information content (AvgIpc) is 3.16. The maximum Gasteiger partial charge on any atom is 0.244 e. The predicted molar refractivity (Wildman–Crippen MR) is 79.9 cm³/mol. The van der Waals surface area contributed by atoms with Gasteiger partial charge in [0.1, 0.15) is 4.90 Å². The van der Waals surface area contributed by atoms with E-state index in [4.69, 9.17) is 5.73 Å². The molecule has 0 unspecified atom stereocenters. The van der Waals surface area contributed by atoms with E-state index in [0.717, 1.165) is 25.0 Å². The fraction of sp³-hybridized carbons (Fsp3) is 0.714. The Balaban J connectivity index is 2.39. The molecule has 1 saturated carbocycles. The number of rotatable bonds is 6. The summed E-state index contributed by atoms with van der Waals surface area (Å²) in [5.41, 5.74) is 6.23. The smallest absolute Gasteiger partial charge is 0.244 e. The minimum Gasteiger partial charge on any atom is -0.346 e. The monoisotopic (exact) mass is 299 g/mol. The zero-order valence-electron chi connectivity index (χ0n) is 12.8. The van der Waals surface area contributed by atoms with Gasteiger partial charge in [0.15, 0.2) is 0 Å². The van der Waals surface area contributed by atoms with E-state index in [0.29, 0.717) is 17.5 Å². The van der Waals surface area contributed by atoms with E-state index in [1.807, 2.05) is 25.3 Å². The minimum absolute atomic E-state index is 0.355. The lowest BCUT2D eigenvalue weighted by molar-refractivity contribution is 0.257. The Morgan fingerprint density at radius 2 is 2.05 bits per heavy atom. The Hall–Kier alpha value is -0.850. The molecule has 0 radical (unpaired) electrons. The van der Waals surface area contributed by atoms with Crippen molar-refractivity contribution in [2.75, 3.05) is 7.05 Å². The molecule has 114 valence electrons. The van der Waals surface area contributed by atoms with Gasteiger partial charge in [-0.15, -0.1) is 0 Å². The van der Waals surface area contributed by atoms with Crippen LogP contribution >= 0.6 is 0 Å². The van der Waals surface area contributed by atoms with Crippen LogP contribution in [-0.2, 0) is 16.6 Å². The summed E-state index contributed by atoms with van der Waals surface area (Å²) in [6.45, 7) is 6.23. The Bertz CT molecular complexity index is 586. The first-order chi connectivity index (χ1) is 9.24. The number of hydrogen-bond donors (Lipinski definition) is 1. The van der Waals surface area contributed by atoms with Crippen molar-refractivity contribution in [1.82, 2.24) is 8.87 Å². The first-order valence-corrected chi connectivity index (χ1v) is 8.58. The van der Waals surface area contributed by atoms with Crippen LogP contribution in [0.15, 0.2) is 17.2 Å². The van der Waals surface area contributed by atoms with E-state index in [1.54, 1.807) is 19.3 Å². The molecule has 1 aliphatic rings. The van der Waals surface area contributed by atoms with E-state index < -0.39 is 15.6 Å². The molecule has 20 heavy (non-hydrogen) atoms. The summed E-state index contributed by atoms with van der Waals surface area (Å²) in [4.78, 5) is 0.355. The van der Waals surface area contributed by atoms with E-state index in [-0.39, 0.29) is 0 Å². The third-order valence-corrected chi connectivity index (χ3v) is 6.47. The maximum absolute atomic E-state index is 12.7. The van der Waals surface area contributed by atoms with Gasteiger partial charge in [-0.3, -0.25) is 0 Å².